The Hall–Kier alpha value is -2.30. The Balaban J connectivity index is 2.51. The average Bonchev–Trinajstić information content (AvgIpc) is 2.65. The van der Waals surface area contributed by atoms with Crippen molar-refractivity contribution in [2.75, 3.05) is 0 Å². The number of carboxylic acids is 1. The molecule has 0 bridgehead atoms. The number of rotatable bonds is 2. The first kappa shape index (κ1) is 10.2. The maximum atomic E-state index is 10.8. The van der Waals surface area contributed by atoms with Crippen LogP contribution in [-0.2, 0) is 7.05 Å². The monoisotopic (exact) mass is 218 g/mol. The minimum atomic E-state index is -1.15. The van der Waals surface area contributed by atoms with Crippen LogP contribution in [0.25, 0.3) is 11.1 Å². The number of nitrogens with zero attached hydrogens (tertiary/aromatic N) is 2. The van der Waals surface area contributed by atoms with Crippen LogP contribution in [0.15, 0.2) is 30.6 Å². The molecule has 0 aliphatic heterocycles. The zero-order chi connectivity index (χ0) is 11.7. The molecule has 0 aliphatic carbocycles. The van der Waals surface area contributed by atoms with Crippen LogP contribution in [-0.4, -0.2) is 26.0 Å². The van der Waals surface area contributed by atoms with E-state index >= 15 is 0 Å². The smallest absolute Gasteiger partial charge is 0.339 e. The van der Waals surface area contributed by atoms with E-state index in [4.69, 9.17) is 5.11 Å². The molecular formula is C11H10N2O3. The van der Waals surface area contributed by atoms with E-state index in [1.165, 1.54) is 12.1 Å². The van der Waals surface area contributed by atoms with Crippen molar-refractivity contribution in [1.29, 1.82) is 0 Å². The Kier molecular flexibility index (Phi) is 2.36. The van der Waals surface area contributed by atoms with E-state index in [-0.39, 0.29) is 11.3 Å². The van der Waals surface area contributed by atoms with Gasteiger partial charge in [-0.05, 0) is 17.7 Å². The summed E-state index contributed by atoms with van der Waals surface area (Å²) >= 11 is 0. The van der Waals surface area contributed by atoms with Crippen molar-refractivity contribution in [3.63, 3.8) is 0 Å². The first-order valence-electron chi connectivity index (χ1n) is 4.63. The predicted octanol–water partition coefficient (Wildman–Crippen LogP) is 1.49. The van der Waals surface area contributed by atoms with E-state index < -0.39 is 5.97 Å². The summed E-state index contributed by atoms with van der Waals surface area (Å²) in [7, 11) is 1.78. The highest BCUT2D eigenvalue weighted by molar-refractivity contribution is 5.92. The quantitative estimate of drug-likeness (QED) is 0.800. The van der Waals surface area contributed by atoms with Gasteiger partial charge in [0.2, 0.25) is 0 Å². The van der Waals surface area contributed by atoms with Crippen LogP contribution in [0.5, 0.6) is 5.75 Å². The zero-order valence-electron chi connectivity index (χ0n) is 8.58. The highest BCUT2D eigenvalue weighted by Gasteiger charge is 2.11. The third-order valence-electron chi connectivity index (χ3n) is 2.27. The number of carbonyl (C=O) groups is 1. The second-order valence-electron chi connectivity index (χ2n) is 3.44. The molecule has 2 rings (SSSR count). The number of aromatic carboxylic acids is 1. The van der Waals surface area contributed by atoms with Crippen LogP contribution in [0.2, 0.25) is 0 Å². The molecule has 5 heteroatoms. The van der Waals surface area contributed by atoms with Gasteiger partial charge in [0, 0.05) is 18.8 Å². The fourth-order valence-corrected chi connectivity index (χ4v) is 1.46. The van der Waals surface area contributed by atoms with Gasteiger partial charge in [-0.25, -0.2) is 4.79 Å². The van der Waals surface area contributed by atoms with E-state index in [1.807, 2.05) is 0 Å². The van der Waals surface area contributed by atoms with Crippen molar-refractivity contribution < 1.29 is 15.0 Å². The Morgan fingerprint density at radius 2 is 2.12 bits per heavy atom. The number of hydrogen-bond donors (Lipinski definition) is 2. The minimum absolute atomic E-state index is 0.110. The van der Waals surface area contributed by atoms with Gasteiger partial charge in [-0.15, -0.1) is 0 Å². The van der Waals surface area contributed by atoms with Gasteiger partial charge in [0.1, 0.15) is 11.3 Å². The van der Waals surface area contributed by atoms with Crippen molar-refractivity contribution in [1.82, 2.24) is 9.78 Å². The maximum Gasteiger partial charge on any atom is 0.339 e. The fourth-order valence-electron chi connectivity index (χ4n) is 1.46. The molecule has 5 nitrogen and oxygen atoms in total. The van der Waals surface area contributed by atoms with Crippen molar-refractivity contribution in [3.8, 4) is 16.9 Å². The second kappa shape index (κ2) is 3.69. The van der Waals surface area contributed by atoms with Crippen molar-refractivity contribution in [3.05, 3.63) is 36.2 Å². The van der Waals surface area contributed by atoms with E-state index in [1.54, 1.807) is 30.2 Å². The predicted molar refractivity (Wildman–Crippen MR) is 57.3 cm³/mol. The van der Waals surface area contributed by atoms with Crippen LogP contribution in [0.4, 0.5) is 0 Å². The number of phenols is 1. The molecule has 0 unspecified atom stereocenters. The zero-order valence-corrected chi connectivity index (χ0v) is 8.58. The molecule has 1 heterocycles. The molecule has 1 aromatic heterocycles. The van der Waals surface area contributed by atoms with Crippen molar-refractivity contribution in [2.45, 2.75) is 0 Å². The average molecular weight is 218 g/mol. The Labute approximate surface area is 91.6 Å². The molecule has 82 valence electrons. The first-order chi connectivity index (χ1) is 7.58. The molecule has 2 N–H and O–H groups in total. The van der Waals surface area contributed by atoms with Crippen LogP contribution in [0, 0.1) is 0 Å². The van der Waals surface area contributed by atoms with Crippen LogP contribution < -0.4 is 0 Å². The summed E-state index contributed by atoms with van der Waals surface area (Å²) in [5.74, 6) is -1.39. The molecule has 0 saturated carbocycles. The second-order valence-corrected chi connectivity index (χ2v) is 3.44. The molecule has 0 amide bonds. The number of carboxylic acid groups (broad SMARTS) is 1. The van der Waals surface area contributed by atoms with Gasteiger partial charge in [0.25, 0.3) is 0 Å². The number of aromatic nitrogens is 2. The van der Waals surface area contributed by atoms with Gasteiger partial charge in [0.05, 0.1) is 6.20 Å². The fraction of sp³-hybridized carbons (Fsp3) is 0.0909. The lowest BCUT2D eigenvalue weighted by Gasteiger charge is -2.02. The van der Waals surface area contributed by atoms with Gasteiger partial charge >= 0.3 is 5.97 Å². The third-order valence-corrected chi connectivity index (χ3v) is 2.27. The largest absolute Gasteiger partial charge is 0.507 e. The molecule has 1 aromatic carbocycles. The number of hydrogen-bond acceptors (Lipinski definition) is 3. The summed E-state index contributed by atoms with van der Waals surface area (Å²) in [6.07, 6.45) is 3.41. The Bertz CT molecular complexity index is 546. The standard InChI is InChI=1S/C11H10N2O3/c1-13-6-8(5-12-13)7-2-3-10(14)9(4-7)11(15)16/h2-6,14H,1H3,(H,15,16). The lowest BCUT2D eigenvalue weighted by atomic mass is 10.1. The maximum absolute atomic E-state index is 10.8. The van der Waals surface area contributed by atoms with Crippen LogP contribution in [0.3, 0.4) is 0 Å². The number of benzene rings is 1. The summed E-state index contributed by atoms with van der Waals surface area (Å²) in [4.78, 5) is 10.8. The molecule has 16 heavy (non-hydrogen) atoms. The third kappa shape index (κ3) is 1.75. The Morgan fingerprint density at radius 1 is 1.38 bits per heavy atom. The van der Waals surface area contributed by atoms with Gasteiger partial charge < -0.3 is 10.2 Å². The normalized spacial score (nSPS) is 10.3. The highest BCUT2D eigenvalue weighted by atomic mass is 16.4. The summed E-state index contributed by atoms with van der Waals surface area (Å²) in [6.45, 7) is 0. The number of aromatic hydroxyl groups is 1. The molecule has 0 radical (unpaired) electrons. The molecule has 0 saturated heterocycles. The van der Waals surface area contributed by atoms with E-state index in [0.29, 0.717) is 5.56 Å². The first-order valence-corrected chi connectivity index (χ1v) is 4.63. The lowest BCUT2D eigenvalue weighted by Crippen LogP contribution is -1.96. The highest BCUT2D eigenvalue weighted by Crippen LogP contribution is 2.25. The van der Waals surface area contributed by atoms with E-state index in [2.05, 4.69) is 5.10 Å². The van der Waals surface area contributed by atoms with E-state index in [0.717, 1.165) is 5.56 Å². The lowest BCUT2D eigenvalue weighted by molar-refractivity contribution is 0.0694. The summed E-state index contributed by atoms with van der Waals surface area (Å²) in [6, 6.07) is 4.44. The molecule has 0 aliphatic rings. The van der Waals surface area contributed by atoms with Crippen LogP contribution in [0.1, 0.15) is 10.4 Å². The van der Waals surface area contributed by atoms with Gasteiger partial charge in [-0.2, -0.15) is 5.10 Å². The SMILES string of the molecule is Cn1cc(-c2ccc(O)c(C(=O)O)c2)cn1. The van der Waals surface area contributed by atoms with Gasteiger partial charge in [-0.3, -0.25) is 4.68 Å². The summed E-state index contributed by atoms with van der Waals surface area (Å²) in [5, 5.41) is 22.2. The molecule has 0 fully saturated rings. The number of aryl methyl sites for hydroxylation is 1. The molecule has 0 atom stereocenters. The Morgan fingerprint density at radius 3 is 2.69 bits per heavy atom. The molecule has 0 spiro atoms. The summed E-state index contributed by atoms with van der Waals surface area (Å²) in [5.41, 5.74) is 1.41. The topological polar surface area (TPSA) is 75.4 Å². The molecule has 2 aromatic rings. The van der Waals surface area contributed by atoms with Crippen molar-refractivity contribution in [2.24, 2.45) is 7.05 Å². The van der Waals surface area contributed by atoms with E-state index in [9.17, 15) is 9.90 Å². The van der Waals surface area contributed by atoms with Gasteiger partial charge in [-0.1, -0.05) is 6.07 Å². The van der Waals surface area contributed by atoms with Gasteiger partial charge in [0.15, 0.2) is 0 Å². The van der Waals surface area contributed by atoms with Crippen LogP contribution >= 0.6 is 0 Å². The summed E-state index contributed by atoms with van der Waals surface area (Å²) < 4.78 is 1.63. The molecular weight excluding hydrogens is 208 g/mol. The van der Waals surface area contributed by atoms with Crippen molar-refractivity contribution >= 4 is 5.97 Å². The minimum Gasteiger partial charge on any atom is -0.507 e.